The van der Waals surface area contributed by atoms with Crippen LogP contribution in [0, 0.1) is 45.8 Å². The number of aliphatic hydroxyl groups excluding tert-OH is 2. The number of oxime groups is 1. The maximum absolute atomic E-state index is 13.9. The number of aliphatic hydroxyl groups is 2. The van der Waals surface area contributed by atoms with E-state index in [1.165, 1.54) is 0 Å². The molecule has 0 spiro atoms. The number of hydrogen-bond donors (Lipinski definition) is 3. The van der Waals surface area contributed by atoms with E-state index in [1.54, 1.807) is 0 Å². The summed E-state index contributed by atoms with van der Waals surface area (Å²) in [7, 11) is 0. The Morgan fingerprint density at radius 2 is 1.80 bits per heavy atom. The van der Waals surface area contributed by atoms with Crippen LogP contribution < -0.4 is 5.73 Å². The van der Waals surface area contributed by atoms with Crippen molar-refractivity contribution in [3.8, 4) is 0 Å². The Bertz CT molecular complexity index is 722. The van der Waals surface area contributed by atoms with Crippen LogP contribution in [0.5, 0.6) is 0 Å². The van der Waals surface area contributed by atoms with Gasteiger partial charge in [0.15, 0.2) is 0 Å². The molecule has 6 nitrogen and oxygen atoms in total. The molecule has 6 heteroatoms. The molecule has 4 saturated carbocycles. The van der Waals surface area contributed by atoms with Gasteiger partial charge in [-0.3, -0.25) is 4.79 Å². The number of carbonyl (C=O) groups excluding carboxylic acids is 1. The summed E-state index contributed by atoms with van der Waals surface area (Å²) in [6.45, 7) is 9.57. The molecule has 0 bridgehead atoms. The Balaban J connectivity index is 1.74. The van der Waals surface area contributed by atoms with Gasteiger partial charge < -0.3 is 20.8 Å². The third kappa shape index (κ3) is 2.93. The SMILES string of the molecule is CC1(C)/C(=N/OCCN)CC[C@@]2(C)C1[C@@H](CO)C(=O)[C@H]1[C@@H]3CC[C@H](O)[C@@]3(C)CC[C@@H]12. The first-order valence-corrected chi connectivity index (χ1v) is 11.8. The molecule has 1 unspecified atom stereocenters. The van der Waals surface area contributed by atoms with Crippen molar-refractivity contribution in [3.05, 3.63) is 0 Å². The molecule has 30 heavy (non-hydrogen) atoms. The highest BCUT2D eigenvalue weighted by Gasteiger charge is 2.67. The van der Waals surface area contributed by atoms with Gasteiger partial charge in [-0.05, 0) is 67.1 Å². The van der Waals surface area contributed by atoms with Gasteiger partial charge in [0.05, 0.1) is 18.4 Å². The lowest BCUT2D eigenvalue weighted by atomic mass is 9.39. The smallest absolute Gasteiger partial charge is 0.142 e. The normalized spacial score (nSPS) is 48.8. The van der Waals surface area contributed by atoms with Crippen LogP contribution >= 0.6 is 0 Å². The van der Waals surface area contributed by atoms with Crippen molar-refractivity contribution in [1.29, 1.82) is 0 Å². The van der Waals surface area contributed by atoms with Gasteiger partial charge in [-0.15, -0.1) is 0 Å². The summed E-state index contributed by atoms with van der Waals surface area (Å²) in [5.41, 5.74) is 6.02. The molecule has 4 aliphatic carbocycles. The van der Waals surface area contributed by atoms with E-state index in [-0.39, 0.29) is 58.4 Å². The fourth-order valence-corrected chi connectivity index (χ4v) is 8.44. The number of ketones is 1. The minimum Gasteiger partial charge on any atom is -0.396 e. The lowest BCUT2D eigenvalue weighted by Crippen LogP contribution is -2.65. The Kier molecular flexibility index (Phi) is 5.60. The molecular weight excluding hydrogens is 380 g/mol. The molecule has 0 saturated heterocycles. The zero-order valence-electron chi connectivity index (χ0n) is 19.1. The fourth-order valence-electron chi connectivity index (χ4n) is 8.44. The molecule has 8 atom stereocenters. The van der Waals surface area contributed by atoms with E-state index in [2.05, 4.69) is 32.9 Å². The standard InChI is InChI=1S/C24H40N2O4/c1-22(2)17(26-30-12-11-25)8-10-24(4)16-7-9-23(3)15(5-6-18(23)28)19(16)20(29)14(13-27)21(22)24/h14-16,18-19,21,27-28H,5-13,25H2,1-4H3/b26-17+/t14-,15-,16-,18-,19-,21?,23-,24+/m0/s1. The van der Waals surface area contributed by atoms with E-state index in [9.17, 15) is 15.0 Å². The molecular formula is C24H40N2O4. The summed E-state index contributed by atoms with van der Waals surface area (Å²) in [6.07, 6.45) is 5.19. The van der Waals surface area contributed by atoms with Crippen molar-refractivity contribution in [3.63, 3.8) is 0 Å². The van der Waals surface area contributed by atoms with Crippen molar-refractivity contribution in [2.75, 3.05) is 19.8 Å². The fraction of sp³-hybridized carbons (Fsp3) is 0.917. The van der Waals surface area contributed by atoms with E-state index in [0.717, 1.165) is 44.2 Å². The molecule has 0 radical (unpaired) electrons. The molecule has 4 N–H and O–H groups in total. The number of carbonyl (C=O) groups is 1. The average Bonchev–Trinajstić information content (AvgIpc) is 3.00. The molecule has 4 fully saturated rings. The van der Waals surface area contributed by atoms with Crippen LogP contribution in [0.3, 0.4) is 0 Å². The average molecular weight is 421 g/mol. The van der Waals surface area contributed by atoms with Crippen molar-refractivity contribution in [2.45, 2.75) is 72.3 Å². The van der Waals surface area contributed by atoms with Crippen LogP contribution in [0.2, 0.25) is 0 Å². The second kappa shape index (κ2) is 7.56. The summed E-state index contributed by atoms with van der Waals surface area (Å²) in [6, 6.07) is 0. The van der Waals surface area contributed by atoms with Crippen molar-refractivity contribution >= 4 is 11.5 Å². The summed E-state index contributed by atoms with van der Waals surface area (Å²) < 4.78 is 0. The first-order chi connectivity index (χ1) is 14.1. The van der Waals surface area contributed by atoms with Gasteiger partial charge in [0.25, 0.3) is 0 Å². The molecule has 4 rings (SSSR count). The number of hydrogen-bond acceptors (Lipinski definition) is 6. The molecule has 0 amide bonds. The number of fused-ring (bicyclic) bond motifs is 5. The van der Waals surface area contributed by atoms with Crippen LogP contribution in [0.1, 0.15) is 66.2 Å². The molecule has 0 aromatic heterocycles. The third-order valence-corrected chi connectivity index (χ3v) is 9.88. The van der Waals surface area contributed by atoms with Gasteiger partial charge in [0, 0.05) is 23.8 Å². The Morgan fingerprint density at radius 1 is 1.10 bits per heavy atom. The van der Waals surface area contributed by atoms with E-state index in [1.807, 2.05) is 0 Å². The Morgan fingerprint density at radius 3 is 2.47 bits per heavy atom. The summed E-state index contributed by atoms with van der Waals surface area (Å²) in [5.74, 6) is 0.387. The summed E-state index contributed by atoms with van der Waals surface area (Å²) in [4.78, 5) is 19.3. The molecule has 0 aromatic carbocycles. The first kappa shape index (κ1) is 22.2. The van der Waals surface area contributed by atoms with E-state index < -0.39 is 0 Å². The van der Waals surface area contributed by atoms with Crippen LogP contribution in [0.4, 0.5) is 0 Å². The molecule has 170 valence electrons. The molecule has 0 aromatic rings. The topological polar surface area (TPSA) is 105 Å². The highest BCUT2D eigenvalue weighted by Crippen LogP contribution is 2.68. The van der Waals surface area contributed by atoms with Gasteiger partial charge >= 0.3 is 0 Å². The number of nitrogens with zero attached hydrogens (tertiary/aromatic N) is 1. The Hall–Kier alpha value is -0.980. The predicted octanol–water partition coefficient (Wildman–Crippen LogP) is 2.75. The second-order valence-electron chi connectivity index (χ2n) is 11.4. The zero-order chi connectivity index (χ0) is 21.9. The van der Waals surface area contributed by atoms with Crippen LogP contribution in [0.15, 0.2) is 5.16 Å². The van der Waals surface area contributed by atoms with Gasteiger partial charge in [-0.1, -0.05) is 32.9 Å². The number of Topliss-reactive ketones (excluding diaryl/α,β-unsaturated/α-hetero) is 1. The van der Waals surface area contributed by atoms with E-state index >= 15 is 0 Å². The first-order valence-electron chi connectivity index (χ1n) is 11.8. The van der Waals surface area contributed by atoms with Crippen molar-refractivity contribution in [1.82, 2.24) is 0 Å². The van der Waals surface area contributed by atoms with E-state index in [0.29, 0.717) is 19.1 Å². The highest BCUT2D eigenvalue weighted by atomic mass is 16.6. The van der Waals surface area contributed by atoms with E-state index in [4.69, 9.17) is 10.6 Å². The van der Waals surface area contributed by atoms with Gasteiger partial charge in [-0.25, -0.2) is 0 Å². The number of nitrogens with two attached hydrogens (primary N) is 1. The lowest BCUT2D eigenvalue weighted by molar-refractivity contribution is -0.178. The maximum atomic E-state index is 13.9. The molecule has 0 aliphatic heterocycles. The predicted molar refractivity (Wildman–Crippen MR) is 116 cm³/mol. The second-order valence-corrected chi connectivity index (χ2v) is 11.4. The zero-order valence-corrected chi connectivity index (χ0v) is 19.1. The largest absolute Gasteiger partial charge is 0.396 e. The number of rotatable bonds is 4. The highest BCUT2D eigenvalue weighted by molar-refractivity contribution is 5.93. The van der Waals surface area contributed by atoms with Crippen molar-refractivity contribution < 1.29 is 19.8 Å². The van der Waals surface area contributed by atoms with Crippen molar-refractivity contribution in [2.24, 2.45) is 56.7 Å². The molecule has 4 aliphatic rings. The van der Waals surface area contributed by atoms with Crippen LogP contribution in [-0.2, 0) is 9.63 Å². The Labute approximate surface area is 180 Å². The van der Waals surface area contributed by atoms with Crippen LogP contribution in [-0.4, -0.2) is 47.6 Å². The lowest BCUT2D eigenvalue weighted by Gasteiger charge is -2.64. The summed E-state index contributed by atoms with van der Waals surface area (Å²) >= 11 is 0. The van der Waals surface area contributed by atoms with Gasteiger partial charge in [0.1, 0.15) is 12.4 Å². The van der Waals surface area contributed by atoms with Crippen LogP contribution in [0.25, 0.3) is 0 Å². The monoisotopic (exact) mass is 420 g/mol. The maximum Gasteiger partial charge on any atom is 0.142 e. The third-order valence-electron chi connectivity index (χ3n) is 9.88. The summed E-state index contributed by atoms with van der Waals surface area (Å²) in [5, 5.41) is 25.6. The minimum absolute atomic E-state index is 0.0305. The van der Waals surface area contributed by atoms with Gasteiger partial charge in [-0.2, -0.15) is 0 Å². The quantitative estimate of drug-likeness (QED) is 0.479. The van der Waals surface area contributed by atoms with Gasteiger partial charge in [0.2, 0.25) is 0 Å². The minimum atomic E-state index is -0.383. The molecule has 0 heterocycles.